The van der Waals surface area contributed by atoms with Gasteiger partial charge in [0.25, 0.3) is 0 Å². The third-order valence-corrected chi connectivity index (χ3v) is 5.86. The van der Waals surface area contributed by atoms with Crippen LogP contribution in [0.25, 0.3) is 0 Å². The van der Waals surface area contributed by atoms with Crippen LogP contribution in [0.5, 0.6) is 0 Å². The lowest BCUT2D eigenvalue weighted by Gasteiger charge is -2.28. The van der Waals surface area contributed by atoms with E-state index in [2.05, 4.69) is 80.9 Å². The lowest BCUT2D eigenvalue weighted by molar-refractivity contribution is 0.255. The molecule has 0 amide bonds. The molecule has 2 aromatic heterocycles. The number of fused-ring (bicyclic) bond motifs is 1. The molecule has 4 aromatic rings. The number of rotatable bonds is 6. The highest BCUT2D eigenvalue weighted by Crippen LogP contribution is 2.35. The Morgan fingerprint density at radius 2 is 1.69 bits per heavy atom. The second kappa shape index (κ2) is 8.05. The Morgan fingerprint density at radius 3 is 2.34 bits per heavy atom. The van der Waals surface area contributed by atoms with Crippen LogP contribution >= 0.6 is 0 Å². The molecule has 2 aromatic carbocycles. The van der Waals surface area contributed by atoms with Gasteiger partial charge >= 0.3 is 0 Å². The number of hydrogen-bond acceptors (Lipinski definition) is 3. The molecule has 5 rings (SSSR count). The van der Waals surface area contributed by atoms with Crippen molar-refractivity contribution in [3.05, 3.63) is 107 Å². The molecule has 2 N–H and O–H groups in total. The second-order valence-corrected chi connectivity index (χ2v) is 7.70. The third-order valence-electron chi connectivity index (χ3n) is 5.86. The number of nitrogens with zero attached hydrogens (tertiary/aromatic N) is 3. The summed E-state index contributed by atoms with van der Waals surface area (Å²) in [6.45, 7) is 3.04. The maximum atomic E-state index is 4.83. The summed E-state index contributed by atoms with van der Waals surface area (Å²) in [6.07, 6.45) is 5.93. The van der Waals surface area contributed by atoms with Crippen LogP contribution in [0.3, 0.4) is 0 Å². The molecule has 5 heteroatoms. The third kappa shape index (κ3) is 3.74. The minimum atomic E-state index is 0.145. The van der Waals surface area contributed by atoms with Crippen molar-refractivity contribution < 1.29 is 0 Å². The molecule has 0 saturated heterocycles. The number of aromatic nitrogens is 4. The largest absolute Gasteiger partial charge is 0.298 e. The molecule has 0 unspecified atom stereocenters. The van der Waals surface area contributed by atoms with Gasteiger partial charge in [0.2, 0.25) is 0 Å². The van der Waals surface area contributed by atoms with E-state index in [9.17, 15) is 0 Å². The van der Waals surface area contributed by atoms with Crippen molar-refractivity contribution in [3.63, 3.8) is 0 Å². The SMILES string of the molecule is c1ccc(C(c2ccccc2)c2n[nH]c3c2CN(CCc2cn[nH]c2)CC3)cc1. The van der Waals surface area contributed by atoms with Crippen LogP contribution in [-0.4, -0.2) is 38.4 Å². The highest BCUT2D eigenvalue weighted by Gasteiger charge is 2.28. The van der Waals surface area contributed by atoms with Gasteiger partial charge in [0.15, 0.2) is 0 Å². The van der Waals surface area contributed by atoms with Crippen molar-refractivity contribution in [2.75, 3.05) is 13.1 Å². The molecule has 0 fully saturated rings. The zero-order valence-electron chi connectivity index (χ0n) is 16.4. The van der Waals surface area contributed by atoms with Crippen molar-refractivity contribution in [1.29, 1.82) is 0 Å². The number of hydrogen-bond donors (Lipinski definition) is 2. The van der Waals surface area contributed by atoms with Crippen molar-refractivity contribution >= 4 is 0 Å². The molecule has 29 heavy (non-hydrogen) atoms. The van der Waals surface area contributed by atoms with Gasteiger partial charge in [-0.1, -0.05) is 60.7 Å². The first-order valence-corrected chi connectivity index (χ1v) is 10.2. The summed E-state index contributed by atoms with van der Waals surface area (Å²) in [5.41, 5.74) is 7.63. The van der Waals surface area contributed by atoms with E-state index in [-0.39, 0.29) is 5.92 Å². The lowest BCUT2D eigenvalue weighted by Crippen LogP contribution is -2.32. The molecule has 0 aliphatic carbocycles. The molecule has 0 saturated carbocycles. The van der Waals surface area contributed by atoms with E-state index >= 15 is 0 Å². The summed E-state index contributed by atoms with van der Waals surface area (Å²) >= 11 is 0. The summed E-state index contributed by atoms with van der Waals surface area (Å²) in [5.74, 6) is 0.145. The van der Waals surface area contributed by atoms with E-state index in [4.69, 9.17) is 5.10 Å². The van der Waals surface area contributed by atoms with E-state index in [1.54, 1.807) is 0 Å². The molecule has 146 valence electrons. The highest BCUT2D eigenvalue weighted by molar-refractivity contribution is 5.44. The van der Waals surface area contributed by atoms with Crippen LogP contribution in [0.2, 0.25) is 0 Å². The quantitative estimate of drug-likeness (QED) is 0.531. The van der Waals surface area contributed by atoms with Crippen LogP contribution < -0.4 is 0 Å². The predicted octanol–water partition coefficient (Wildman–Crippen LogP) is 3.91. The number of aromatic amines is 2. The molecule has 1 aliphatic heterocycles. The van der Waals surface area contributed by atoms with Gasteiger partial charge in [0.1, 0.15) is 0 Å². The smallest absolute Gasteiger partial charge is 0.0788 e. The van der Waals surface area contributed by atoms with Gasteiger partial charge in [-0.25, -0.2) is 0 Å². The van der Waals surface area contributed by atoms with Crippen LogP contribution in [0, 0.1) is 0 Å². The number of nitrogens with one attached hydrogen (secondary N) is 2. The standard InChI is InChI=1S/C24H25N5/c1-3-7-19(8-4-1)23(20-9-5-2-6-10-20)24-21-17-29(14-12-22(21)27-28-24)13-11-18-15-25-26-16-18/h1-10,15-16,23H,11-14,17H2,(H,25,26)(H,27,28). The van der Waals surface area contributed by atoms with Gasteiger partial charge in [0, 0.05) is 43.5 Å². The molecule has 3 heterocycles. The molecule has 0 radical (unpaired) electrons. The molecule has 5 nitrogen and oxygen atoms in total. The summed E-state index contributed by atoms with van der Waals surface area (Å²) < 4.78 is 0. The van der Waals surface area contributed by atoms with Crippen LogP contribution in [0.1, 0.15) is 39.6 Å². The summed E-state index contributed by atoms with van der Waals surface area (Å²) in [5, 5.41) is 15.1. The normalized spacial score (nSPS) is 14.2. The van der Waals surface area contributed by atoms with Gasteiger partial charge in [-0.05, 0) is 23.1 Å². The number of H-pyrrole nitrogens is 2. The minimum Gasteiger partial charge on any atom is -0.298 e. The van der Waals surface area contributed by atoms with Crippen LogP contribution in [-0.2, 0) is 19.4 Å². The fourth-order valence-electron chi connectivity index (χ4n) is 4.30. The van der Waals surface area contributed by atoms with Gasteiger partial charge < -0.3 is 0 Å². The van der Waals surface area contributed by atoms with Gasteiger partial charge in [-0.2, -0.15) is 10.2 Å². The Morgan fingerprint density at radius 1 is 0.966 bits per heavy atom. The van der Waals surface area contributed by atoms with E-state index < -0.39 is 0 Å². The van der Waals surface area contributed by atoms with Gasteiger partial charge in [-0.3, -0.25) is 15.1 Å². The fourth-order valence-corrected chi connectivity index (χ4v) is 4.30. The molecular formula is C24H25N5. The Labute approximate surface area is 170 Å². The van der Waals surface area contributed by atoms with Crippen molar-refractivity contribution in [2.24, 2.45) is 0 Å². The highest BCUT2D eigenvalue weighted by atomic mass is 15.2. The summed E-state index contributed by atoms with van der Waals surface area (Å²) in [7, 11) is 0. The predicted molar refractivity (Wildman–Crippen MR) is 114 cm³/mol. The van der Waals surface area contributed by atoms with Crippen molar-refractivity contribution in [3.8, 4) is 0 Å². The maximum absolute atomic E-state index is 4.83. The average Bonchev–Trinajstić information content (AvgIpc) is 3.44. The van der Waals surface area contributed by atoms with E-state index in [1.807, 2.05) is 12.4 Å². The monoisotopic (exact) mass is 383 g/mol. The topological polar surface area (TPSA) is 60.6 Å². The zero-order valence-corrected chi connectivity index (χ0v) is 16.4. The Hall–Kier alpha value is -3.18. The second-order valence-electron chi connectivity index (χ2n) is 7.70. The van der Waals surface area contributed by atoms with E-state index in [0.29, 0.717) is 0 Å². The Bertz CT molecular complexity index is 998. The van der Waals surface area contributed by atoms with Crippen molar-refractivity contribution in [2.45, 2.75) is 25.3 Å². The Kier molecular flexibility index (Phi) is 4.97. The number of benzene rings is 2. The Balaban J connectivity index is 1.45. The average molecular weight is 383 g/mol. The first-order chi connectivity index (χ1) is 14.4. The summed E-state index contributed by atoms with van der Waals surface area (Å²) in [4.78, 5) is 2.53. The van der Waals surface area contributed by atoms with E-state index in [1.165, 1.54) is 27.9 Å². The molecule has 0 atom stereocenters. The molecule has 0 bridgehead atoms. The molecular weight excluding hydrogens is 358 g/mol. The maximum Gasteiger partial charge on any atom is 0.0788 e. The molecule has 0 spiro atoms. The van der Waals surface area contributed by atoms with Crippen molar-refractivity contribution in [1.82, 2.24) is 25.3 Å². The first-order valence-electron chi connectivity index (χ1n) is 10.2. The van der Waals surface area contributed by atoms with Crippen LogP contribution in [0.15, 0.2) is 73.1 Å². The lowest BCUT2D eigenvalue weighted by atomic mass is 9.85. The zero-order chi connectivity index (χ0) is 19.5. The molecule has 1 aliphatic rings. The van der Waals surface area contributed by atoms with Gasteiger partial charge in [-0.15, -0.1) is 0 Å². The summed E-state index contributed by atoms with van der Waals surface area (Å²) in [6, 6.07) is 21.4. The fraction of sp³-hybridized carbons (Fsp3) is 0.250. The van der Waals surface area contributed by atoms with Crippen LogP contribution in [0.4, 0.5) is 0 Å². The van der Waals surface area contributed by atoms with Gasteiger partial charge in [0.05, 0.1) is 17.8 Å². The first kappa shape index (κ1) is 17.9. The minimum absolute atomic E-state index is 0.145. The van der Waals surface area contributed by atoms with E-state index in [0.717, 1.165) is 38.2 Å².